The molecule has 3 aromatic rings. The highest BCUT2D eigenvalue weighted by molar-refractivity contribution is 7.11. The lowest BCUT2D eigenvalue weighted by Gasteiger charge is -2.30. The van der Waals surface area contributed by atoms with Crippen LogP contribution in [0.25, 0.3) is 6.08 Å². The lowest BCUT2D eigenvalue weighted by molar-refractivity contribution is 0.0954. The Balaban J connectivity index is 1.36. The van der Waals surface area contributed by atoms with Crippen LogP contribution in [0.4, 0.5) is 0 Å². The van der Waals surface area contributed by atoms with E-state index in [1.807, 2.05) is 49.6 Å². The molecule has 6 heteroatoms. The Morgan fingerprint density at radius 2 is 1.97 bits per heavy atom. The second kappa shape index (κ2) is 8.15. The predicted octanol–water partition coefficient (Wildman–Crippen LogP) is 6.03. The fourth-order valence-corrected chi connectivity index (χ4v) is 5.00. The van der Waals surface area contributed by atoms with Crippen molar-refractivity contribution in [1.82, 2.24) is 4.90 Å². The van der Waals surface area contributed by atoms with Gasteiger partial charge in [-0.2, -0.15) is 0 Å². The number of ketones is 1. The van der Waals surface area contributed by atoms with Crippen LogP contribution in [-0.4, -0.2) is 24.0 Å². The second-order valence-electron chi connectivity index (χ2n) is 7.98. The molecule has 0 radical (unpaired) electrons. The first kappa shape index (κ1) is 20.3. The van der Waals surface area contributed by atoms with Crippen LogP contribution in [0.3, 0.4) is 0 Å². The third-order valence-corrected chi connectivity index (χ3v) is 7.01. The number of hydrogen-bond acceptors (Lipinski definition) is 5. The molecular formula is C25H22ClNO3S. The first-order valence-corrected chi connectivity index (χ1v) is 11.5. The summed E-state index contributed by atoms with van der Waals surface area (Å²) >= 11 is 7.58. The molecule has 0 amide bonds. The van der Waals surface area contributed by atoms with E-state index in [2.05, 4.69) is 17.0 Å². The zero-order valence-corrected chi connectivity index (χ0v) is 19.0. The van der Waals surface area contributed by atoms with E-state index in [1.54, 1.807) is 11.3 Å². The molecule has 158 valence electrons. The summed E-state index contributed by atoms with van der Waals surface area (Å²) in [7, 11) is 0. The van der Waals surface area contributed by atoms with Gasteiger partial charge in [0.05, 0.1) is 5.56 Å². The molecule has 0 unspecified atom stereocenters. The van der Waals surface area contributed by atoms with Gasteiger partial charge < -0.3 is 9.47 Å². The lowest BCUT2D eigenvalue weighted by atomic mass is 10.00. The van der Waals surface area contributed by atoms with Crippen molar-refractivity contribution in [3.8, 4) is 11.5 Å². The largest absolute Gasteiger partial charge is 0.477 e. The molecular weight excluding hydrogens is 430 g/mol. The van der Waals surface area contributed by atoms with E-state index in [1.165, 1.54) is 5.56 Å². The summed E-state index contributed by atoms with van der Waals surface area (Å²) in [4.78, 5) is 16.3. The third kappa shape index (κ3) is 3.89. The van der Waals surface area contributed by atoms with E-state index >= 15 is 0 Å². The van der Waals surface area contributed by atoms with Gasteiger partial charge in [-0.05, 0) is 61.0 Å². The number of aryl methyl sites for hydroxylation is 1. The van der Waals surface area contributed by atoms with Gasteiger partial charge in [0.25, 0.3) is 0 Å². The van der Waals surface area contributed by atoms with E-state index in [4.69, 9.17) is 21.1 Å². The monoisotopic (exact) mass is 451 g/mol. The van der Waals surface area contributed by atoms with Gasteiger partial charge in [-0.3, -0.25) is 9.69 Å². The number of nitrogens with zero attached hydrogens (tertiary/aromatic N) is 1. The number of halogens is 1. The third-order valence-electron chi connectivity index (χ3n) is 5.80. The molecule has 0 saturated heterocycles. The van der Waals surface area contributed by atoms with E-state index in [0.29, 0.717) is 23.8 Å². The van der Waals surface area contributed by atoms with Crippen LogP contribution in [-0.2, 0) is 13.0 Å². The van der Waals surface area contributed by atoms with Crippen LogP contribution in [0.5, 0.6) is 11.5 Å². The van der Waals surface area contributed by atoms with Crippen molar-refractivity contribution in [2.45, 2.75) is 26.8 Å². The minimum atomic E-state index is -0.0630. The average molecular weight is 452 g/mol. The SMILES string of the molecule is Cc1ccsc1/C=C1\Oc2c(cc3c(c2C)OCN(CCc2ccc(Cl)cc2)C3)C1=O. The Bertz CT molecular complexity index is 1200. The van der Waals surface area contributed by atoms with Gasteiger partial charge in [-0.25, -0.2) is 0 Å². The minimum Gasteiger partial charge on any atom is -0.477 e. The van der Waals surface area contributed by atoms with E-state index < -0.39 is 0 Å². The Morgan fingerprint density at radius 1 is 1.16 bits per heavy atom. The number of rotatable bonds is 4. The summed E-state index contributed by atoms with van der Waals surface area (Å²) in [6.45, 7) is 6.13. The fraction of sp³-hybridized carbons (Fsp3) is 0.240. The summed E-state index contributed by atoms with van der Waals surface area (Å²) in [6, 6.07) is 11.9. The molecule has 4 nitrogen and oxygen atoms in total. The predicted molar refractivity (Wildman–Crippen MR) is 124 cm³/mol. The summed E-state index contributed by atoms with van der Waals surface area (Å²) in [5.74, 6) is 1.78. The number of ether oxygens (including phenoxy) is 2. The van der Waals surface area contributed by atoms with Gasteiger partial charge in [-0.1, -0.05) is 23.7 Å². The van der Waals surface area contributed by atoms with Gasteiger partial charge in [0.2, 0.25) is 5.78 Å². The molecule has 0 aliphatic carbocycles. The number of fused-ring (bicyclic) bond motifs is 2. The Morgan fingerprint density at radius 3 is 2.71 bits per heavy atom. The molecule has 0 fully saturated rings. The van der Waals surface area contributed by atoms with Crippen LogP contribution in [0.2, 0.25) is 5.02 Å². The molecule has 2 aromatic carbocycles. The maximum Gasteiger partial charge on any atom is 0.232 e. The van der Waals surface area contributed by atoms with Gasteiger partial charge in [-0.15, -0.1) is 11.3 Å². The quantitative estimate of drug-likeness (QED) is 0.454. The van der Waals surface area contributed by atoms with Crippen LogP contribution in [0.1, 0.15) is 37.5 Å². The zero-order chi connectivity index (χ0) is 21.5. The van der Waals surface area contributed by atoms with Crippen LogP contribution in [0.15, 0.2) is 47.5 Å². The van der Waals surface area contributed by atoms with Crippen molar-refractivity contribution in [1.29, 1.82) is 0 Å². The van der Waals surface area contributed by atoms with Crippen molar-refractivity contribution >= 4 is 34.8 Å². The molecule has 3 heterocycles. The van der Waals surface area contributed by atoms with Gasteiger partial charge in [0, 0.05) is 40.2 Å². The van der Waals surface area contributed by atoms with Crippen molar-refractivity contribution < 1.29 is 14.3 Å². The van der Waals surface area contributed by atoms with E-state index in [-0.39, 0.29) is 5.78 Å². The number of allylic oxidation sites excluding steroid dienone is 1. The highest BCUT2D eigenvalue weighted by Crippen LogP contribution is 2.43. The molecule has 1 aromatic heterocycles. The molecule has 2 aliphatic rings. The number of thiophene rings is 1. The van der Waals surface area contributed by atoms with Crippen molar-refractivity contribution in [2.75, 3.05) is 13.3 Å². The summed E-state index contributed by atoms with van der Waals surface area (Å²) in [5, 5.41) is 2.77. The maximum atomic E-state index is 13.0. The van der Waals surface area contributed by atoms with Crippen LogP contribution >= 0.6 is 22.9 Å². The molecule has 0 bridgehead atoms. The molecule has 2 aliphatic heterocycles. The summed E-state index contributed by atoms with van der Waals surface area (Å²) in [6.07, 6.45) is 2.76. The highest BCUT2D eigenvalue weighted by Gasteiger charge is 2.33. The summed E-state index contributed by atoms with van der Waals surface area (Å²) in [5.41, 5.74) is 4.93. The Hall–Kier alpha value is -2.60. The molecule has 0 spiro atoms. The first-order valence-electron chi connectivity index (χ1n) is 10.2. The van der Waals surface area contributed by atoms with E-state index in [9.17, 15) is 4.79 Å². The number of benzene rings is 2. The molecule has 5 rings (SSSR count). The van der Waals surface area contributed by atoms with Gasteiger partial charge in [0.1, 0.15) is 18.2 Å². The van der Waals surface area contributed by atoms with Crippen LogP contribution < -0.4 is 9.47 Å². The average Bonchev–Trinajstić information content (AvgIpc) is 3.31. The number of carbonyl (C=O) groups is 1. The topological polar surface area (TPSA) is 38.8 Å². The summed E-state index contributed by atoms with van der Waals surface area (Å²) < 4.78 is 12.1. The number of carbonyl (C=O) groups excluding carboxylic acids is 1. The van der Waals surface area contributed by atoms with Crippen molar-refractivity contribution in [3.05, 3.63) is 85.3 Å². The Labute approximate surface area is 190 Å². The van der Waals surface area contributed by atoms with Gasteiger partial charge in [0.15, 0.2) is 5.76 Å². The van der Waals surface area contributed by atoms with E-state index in [0.717, 1.165) is 51.8 Å². The number of hydrogen-bond donors (Lipinski definition) is 0. The van der Waals surface area contributed by atoms with Crippen LogP contribution in [0, 0.1) is 13.8 Å². The highest BCUT2D eigenvalue weighted by atomic mass is 35.5. The standard InChI is InChI=1S/C25H22ClNO3S/c1-15-8-10-31-22(15)12-21-23(28)20-11-18-13-27(9-7-17-3-5-19(26)6-4-17)14-29-24(18)16(2)25(20)30-21/h3-6,8,10-12H,7,9,13-14H2,1-2H3/b21-12-. The molecule has 0 N–H and O–H groups in total. The smallest absolute Gasteiger partial charge is 0.232 e. The second-order valence-corrected chi connectivity index (χ2v) is 9.36. The molecule has 0 saturated carbocycles. The minimum absolute atomic E-state index is 0.0630. The van der Waals surface area contributed by atoms with Crippen molar-refractivity contribution in [2.24, 2.45) is 0 Å². The molecule has 31 heavy (non-hydrogen) atoms. The zero-order valence-electron chi connectivity index (χ0n) is 17.4. The molecule has 0 atom stereocenters. The number of Topliss-reactive ketones (excluding diaryl/α,β-unsaturated/α-hetero) is 1. The van der Waals surface area contributed by atoms with Gasteiger partial charge >= 0.3 is 0 Å². The lowest BCUT2D eigenvalue weighted by Crippen LogP contribution is -2.34. The fourth-order valence-electron chi connectivity index (χ4n) is 4.03. The van der Waals surface area contributed by atoms with Crippen molar-refractivity contribution in [3.63, 3.8) is 0 Å². The Kier molecular flexibility index (Phi) is 5.34. The normalized spacial score (nSPS) is 16.7. The maximum absolute atomic E-state index is 13.0. The first-order chi connectivity index (χ1) is 15.0.